The molecule has 11 heavy (non-hydrogen) atoms. The number of carbonyl (C=O) groups excluding carboxylic acids is 1. The number of hydrogen-bond donors (Lipinski definition) is 2. The Morgan fingerprint density at radius 2 is 2.27 bits per heavy atom. The number of carboxylic acids is 1. The zero-order chi connectivity index (χ0) is 9.07. The van der Waals surface area contributed by atoms with Gasteiger partial charge in [-0.15, -0.1) is 0 Å². The highest BCUT2D eigenvalue weighted by Crippen LogP contribution is 1.92. The van der Waals surface area contributed by atoms with Crippen molar-refractivity contribution in [3.8, 4) is 0 Å². The predicted molar refractivity (Wildman–Crippen MR) is 40.6 cm³/mol. The van der Waals surface area contributed by atoms with E-state index in [1.165, 1.54) is 0 Å². The summed E-state index contributed by atoms with van der Waals surface area (Å²) in [5, 5.41) is 9.97. The van der Waals surface area contributed by atoms with Crippen LogP contribution >= 0.6 is 0 Å². The molecule has 0 spiro atoms. The van der Waals surface area contributed by atoms with Crippen molar-refractivity contribution in [2.24, 2.45) is 5.73 Å². The van der Waals surface area contributed by atoms with Gasteiger partial charge in [0, 0.05) is 17.2 Å². The average molecular weight is 198 g/mol. The lowest BCUT2D eigenvalue weighted by Gasteiger charge is -2.10. The smallest absolute Gasteiger partial charge is 0.141 e. The molecule has 5 nitrogen and oxygen atoms in total. The number of hydrogen-bond acceptors (Lipinski definition) is 5. The van der Waals surface area contributed by atoms with Crippen LogP contribution in [0, 0.1) is 0 Å². The summed E-state index contributed by atoms with van der Waals surface area (Å²) < 4.78 is 18.9. The first-order valence-corrected chi connectivity index (χ1v) is 5.35. The van der Waals surface area contributed by atoms with Crippen molar-refractivity contribution in [2.75, 3.05) is 5.75 Å². The highest BCUT2D eigenvalue weighted by molar-refractivity contribution is 8.29. The molecule has 1 unspecified atom stereocenters. The molecule has 0 amide bonds. The monoisotopic (exact) mass is 198 g/mol. The lowest BCUT2D eigenvalue weighted by atomic mass is 10.2. The quantitative estimate of drug-likeness (QED) is 0.525. The maximum absolute atomic E-state index is 10.4. The van der Waals surface area contributed by atoms with Crippen LogP contribution in [0.1, 0.15) is 6.42 Å². The Bertz CT molecular complexity index is 234. The molecular weight excluding hydrogens is 190 g/mol. The van der Waals surface area contributed by atoms with E-state index in [0.29, 0.717) is 0 Å². The number of nitrogens with two attached hydrogens (primary N) is 1. The predicted octanol–water partition coefficient (Wildman–Crippen LogP) is -2.33. The zero-order valence-corrected chi connectivity index (χ0v) is 7.19. The summed E-state index contributed by atoms with van der Waals surface area (Å²) in [6.07, 6.45) is -0.138. The molecule has 0 bridgehead atoms. The molecule has 0 aromatic carbocycles. The molecule has 7 heteroatoms. The van der Waals surface area contributed by atoms with Gasteiger partial charge in [0.05, 0.1) is 11.7 Å². The lowest BCUT2D eigenvalue weighted by Crippen LogP contribution is -2.42. The Morgan fingerprint density at radius 3 is 2.55 bits per heavy atom. The van der Waals surface area contributed by atoms with E-state index >= 15 is 0 Å². The Balaban J connectivity index is 3.82. The fourth-order valence-corrected chi connectivity index (χ4v) is 1.23. The van der Waals surface area contributed by atoms with Crippen molar-refractivity contribution in [1.82, 2.24) is 0 Å². The minimum absolute atomic E-state index is 0.138. The highest BCUT2D eigenvalue weighted by atomic mass is 32.8. The topological polar surface area (TPSA) is 103 Å². The van der Waals surface area contributed by atoms with E-state index in [1.54, 1.807) is 0 Å². The van der Waals surface area contributed by atoms with Crippen molar-refractivity contribution in [3.63, 3.8) is 0 Å². The van der Waals surface area contributed by atoms with Crippen LogP contribution in [0.3, 0.4) is 0 Å². The molecule has 0 aliphatic rings. The highest BCUT2D eigenvalue weighted by Gasteiger charge is 2.07. The van der Waals surface area contributed by atoms with Crippen molar-refractivity contribution in [1.29, 1.82) is 0 Å². The molecule has 0 aromatic rings. The third kappa shape index (κ3) is 6.17. The van der Waals surface area contributed by atoms with Gasteiger partial charge in [0.15, 0.2) is 0 Å². The number of rotatable bonds is 4. The van der Waals surface area contributed by atoms with Gasteiger partial charge in [-0.2, -0.15) is 0 Å². The fraction of sp³-hybridized carbons (Fsp3) is 0.750. The Kier molecular flexibility index (Phi) is 3.87. The summed E-state index contributed by atoms with van der Waals surface area (Å²) in [7, 11) is -3.29. The zero-order valence-electron chi connectivity index (χ0n) is 5.56. The van der Waals surface area contributed by atoms with E-state index in [0.717, 1.165) is 0 Å². The second-order valence-electron chi connectivity index (χ2n) is 2.00. The van der Waals surface area contributed by atoms with Gasteiger partial charge in [0.1, 0.15) is 8.77 Å². The number of aliphatic carboxylic acids is 1. The van der Waals surface area contributed by atoms with Gasteiger partial charge in [0.25, 0.3) is 0 Å². The Labute approximate surface area is 69.1 Å². The average Bonchev–Trinajstić information content (AvgIpc) is 1.80. The largest absolute Gasteiger partial charge is 0.548 e. The summed E-state index contributed by atoms with van der Waals surface area (Å²) in [5.74, 6) is -1.74. The van der Waals surface area contributed by atoms with Crippen LogP contribution in [0.25, 0.3) is 0 Å². The SMILES string of the molecule is N[C@H](CCS(=O)(O)=S)C(=O)[O-]. The molecule has 0 saturated carbocycles. The fourth-order valence-electron chi connectivity index (χ4n) is 0.394. The van der Waals surface area contributed by atoms with E-state index in [9.17, 15) is 14.1 Å². The molecule has 0 rings (SSSR count). The van der Waals surface area contributed by atoms with E-state index in [1.807, 2.05) is 0 Å². The third-order valence-electron chi connectivity index (χ3n) is 0.990. The number of carboxylic acid groups (broad SMARTS) is 1. The molecule has 0 aliphatic heterocycles. The molecule has 0 aromatic heterocycles. The molecule has 0 saturated heterocycles. The third-order valence-corrected chi connectivity index (χ3v) is 2.24. The van der Waals surface area contributed by atoms with Crippen LogP contribution in [0.5, 0.6) is 0 Å². The maximum Gasteiger partial charge on any atom is 0.141 e. The van der Waals surface area contributed by atoms with Crippen molar-refractivity contribution < 1.29 is 18.7 Å². The molecule has 66 valence electrons. The molecule has 2 atom stereocenters. The van der Waals surface area contributed by atoms with Gasteiger partial charge in [-0.25, -0.2) is 4.21 Å². The van der Waals surface area contributed by atoms with Gasteiger partial charge in [-0.3, -0.25) is 0 Å². The van der Waals surface area contributed by atoms with Crippen LogP contribution in [0.15, 0.2) is 0 Å². The lowest BCUT2D eigenvalue weighted by molar-refractivity contribution is -0.307. The van der Waals surface area contributed by atoms with Gasteiger partial charge in [-0.1, -0.05) is 0 Å². The van der Waals surface area contributed by atoms with Crippen molar-refractivity contribution in [2.45, 2.75) is 12.5 Å². The van der Waals surface area contributed by atoms with Gasteiger partial charge in [-0.05, 0) is 6.42 Å². The van der Waals surface area contributed by atoms with E-state index < -0.39 is 20.8 Å². The molecule has 0 fully saturated rings. The molecule has 0 heterocycles. The van der Waals surface area contributed by atoms with Gasteiger partial charge < -0.3 is 20.2 Å². The minimum atomic E-state index is -3.29. The Hall–Kier alpha value is -0.240. The van der Waals surface area contributed by atoms with Crippen LogP contribution in [-0.2, 0) is 24.8 Å². The summed E-state index contributed by atoms with van der Waals surface area (Å²) in [6.45, 7) is 0. The van der Waals surface area contributed by atoms with Crippen molar-refractivity contribution >= 4 is 25.9 Å². The van der Waals surface area contributed by atoms with E-state index in [4.69, 9.17) is 10.3 Å². The molecular formula is C4H8NO4S2-. The summed E-state index contributed by atoms with van der Waals surface area (Å²) >= 11 is 4.10. The first-order chi connectivity index (χ1) is 4.83. The van der Waals surface area contributed by atoms with Crippen molar-refractivity contribution in [3.05, 3.63) is 0 Å². The first-order valence-electron chi connectivity index (χ1n) is 2.74. The Morgan fingerprint density at radius 1 is 1.82 bits per heavy atom. The van der Waals surface area contributed by atoms with Crippen LogP contribution in [-0.4, -0.2) is 26.5 Å². The van der Waals surface area contributed by atoms with Crippen LogP contribution < -0.4 is 10.8 Å². The normalized spacial score (nSPS) is 18.7. The van der Waals surface area contributed by atoms with Crippen LogP contribution in [0.2, 0.25) is 0 Å². The van der Waals surface area contributed by atoms with Crippen LogP contribution in [0.4, 0.5) is 0 Å². The molecule has 3 N–H and O–H groups in total. The minimum Gasteiger partial charge on any atom is -0.548 e. The molecule has 0 radical (unpaired) electrons. The second-order valence-corrected chi connectivity index (χ2v) is 5.13. The second kappa shape index (κ2) is 3.96. The van der Waals surface area contributed by atoms with Gasteiger partial charge in [0.2, 0.25) is 0 Å². The van der Waals surface area contributed by atoms with E-state index in [2.05, 4.69) is 11.2 Å². The number of carbonyl (C=O) groups is 1. The summed E-state index contributed by atoms with van der Waals surface area (Å²) in [5.41, 5.74) is 4.98. The maximum atomic E-state index is 10.4. The van der Waals surface area contributed by atoms with Gasteiger partial charge >= 0.3 is 0 Å². The summed E-state index contributed by atoms with van der Waals surface area (Å²) in [4.78, 5) is 9.97. The molecule has 0 aliphatic carbocycles. The summed E-state index contributed by atoms with van der Waals surface area (Å²) in [6, 6.07) is -1.22. The van der Waals surface area contributed by atoms with E-state index in [-0.39, 0.29) is 12.2 Å². The standard InChI is InChI=1S/C4H9NO4S2/c5-3(4(6)7)1-2-11(8,9)10/h3H,1-2,5H2,(H,6,7)(H,8,9,10)/p-1/t3-/m1/s1. The first kappa shape index (κ1) is 10.8.